The zero-order valence-electron chi connectivity index (χ0n) is 9.21. The Kier molecular flexibility index (Phi) is 4.08. The van der Waals surface area contributed by atoms with Crippen molar-refractivity contribution in [3.63, 3.8) is 0 Å². The molecule has 0 aliphatic heterocycles. The third-order valence-electron chi connectivity index (χ3n) is 1.90. The van der Waals surface area contributed by atoms with Gasteiger partial charge in [0.1, 0.15) is 0 Å². The van der Waals surface area contributed by atoms with Crippen molar-refractivity contribution in [2.45, 2.75) is 30.2 Å². The normalized spacial score (nSPS) is 11.9. The Bertz CT molecular complexity index is 427. The maximum absolute atomic E-state index is 12.7. The Labute approximate surface area is 101 Å². The van der Waals surface area contributed by atoms with Crippen LogP contribution in [-0.2, 0) is 6.18 Å². The molecule has 1 rings (SSSR count). The van der Waals surface area contributed by atoms with Crippen molar-refractivity contribution >= 4 is 17.7 Å². The highest BCUT2D eigenvalue weighted by Gasteiger charge is 2.35. The molecule has 0 bridgehead atoms. The molecule has 0 amide bonds. The average molecular weight is 264 g/mol. The summed E-state index contributed by atoms with van der Waals surface area (Å²) >= 11 is 1.26. The van der Waals surface area contributed by atoms with Gasteiger partial charge in [-0.3, -0.25) is 0 Å². The lowest BCUT2D eigenvalue weighted by Crippen LogP contribution is -2.13. The molecule has 0 aromatic heterocycles. The molecule has 1 aromatic carbocycles. The quantitative estimate of drug-likeness (QED) is 0.841. The van der Waals surface area contributed by atoms with E-state index in [-0.39, 0.29) is 5.25 Å². The van der Waals surface area contributed by atoms with Gasteiger partial charge in [-0.25, -0.2) is 4.79 Å². The maximum Gasteiger partial charge on any atom is 0.417 e. The lowest BCUT2D eigenvalue weighted by molar-refractivity contribution is -0.138. The molecule has 1 N–H and O–H groups in total. The van der Waals surface area contributed by atoms with E-state index in [1.165, 1.54) is 17.8 Å². The summed E-state index contributed by atoms with van der Waals surface area (Å²) in [6.07, 6.45) is -4.65. The monoisotopic (exact) mass is 264 g/mol. The molecule has 0 radical (unpaired) electrons. The standard InChI is InChI=1S/C11H11F3O2S/c1-6(2)17-7-3-4-8(10(15)16)9(5-7)11(12,13)14/h3-6H,1-2H3,(H,15,16). The Balaban J connectivity index is 3.25. The van der Waals surface area contributed by atoms with Crippen LogP contribution in [0.4, 0.5) is 13.2 Å². The molecule has 0 atom stereocenters. The highest BCUT2D eigenvalue weighted by molar-refractivity contribution is 7.99. The van der Waals surface area contributed by atoms with E-state index in [1.54, 1.807) is 0 Å². The Morgan fingerprint density at radius 3 is 2.35 bits per heavy atom. The minimum Gasteiger partial charge on any atom is -0.478 e. The fraction of sp³-hybridized carbons (Fsp3) is 0.364. The van der Waals surface area contributed by atoms with Crippen molar-refractivity contribution in [2.24, 2.45) is 0 Å². The molecule has 0 saturated heterocycles. The first-order valence-corrected chi connectivity index (χ1v) is 5.71. The summed E-state index contributed by atoms with van der Waals surface area (Å²) in [5.41, 5.74) is -1.82. The van der Waals surface area contributed by atoms with E-state index in [1.807, 2.05) is 13.8 Å². The number of aromatic carboxylic acids is 1. The number of carbonyl (C=O) groups is 1. The van der Waals surface area contributed by atoms with Gasteiger partial charge in [0.15, 0.2) is 0 Å². The number of rotatable bonds is 3. The number of halogens is 3. The van der Waals surface area contributed by atoms with Crippen molar-refractivity contribution in [2.75, 3.05) is 0 Å². The molecule has 0 aliphatic carbocycles. The lowest BCUT2D eigenvalue weighted by Gasteiger charge is -2.12. The zero-order valence-corrected chi connectivity index (χ0v) is 10.0. The number of thioether (sulfide) groups is 1. The van der Waals surface area contributed by atoms with Crippen LogP contribution in [0.25, 0.3) is 0 Å². The highest BCUT2D eigenvalue weighted by Crippen LogP contribution is 2.35. The third kappa shape index (κ3) is 3.66. The third-order valence-corrected chi connectivity index (χ3v) is 2.90. The SMILES string of the molecule is CC(C)Sc1ccc(C(=O)O)c(C(F)(F)F)c1. The summed E-state index contributed by atoms with van der Waals surface area (Å²) in [5.74, 6) is -1.57. The van der Waals surface area contributed by atoms with Crippen molar-refractivity contribution in [1.29, 1.82) is 0 Å². The molecule has 6 heteroatoms. The number of hydrogen-bond donors (Lipinski definition) is 1. The van der Waals surface area contributed by atoms with E-state index in [2.05, 4.69) is 0 Å². The number of alkyl halides is 3. The topological polar surface area (TPSA) is 37.3 Å². The van der Waals surface area contributed by atoms with Crippen LogP contribution in [0, 0.1) is 0 Å². The van der Waals surface area contributed by atoms with E-state index in [0.717, 1.165) is 12.1 Å². The van der Waals surface area contributed by atoms with Crippen molar-refractivity contribution in [3.05, 3.63) is 29.3 Å². The summed E-state index contributed by atoms with van der Waals surface area (Å²) in [4.78, 5) is 11.1. The van der Waals surface area contributed by atoms with Crippen LogP contribution in [0.15, 0.2) is 23.1 Å². The molecule has 94 valence electrons. The molecule has 0 aliphatic rings. The molecule has 17 heavy (non-hydrogen) atoms. The largest absolute Gasteiger partial charge is 0.478 e. The van der Waals surface area contributed by atoms with Crippen LogP contribution in [-0.4, -0.2) is 16.3 Å². The molecule has 0 saturated carbocycles. The Hall–Kier alpha value is -1.17. The van der Waals surface area contributed by atoms with Crippen molar-refractivity contribution in [3.8, 4) is 0 Å². The van der Waals surface area contributed by atoms with Gasteiger partial charge in [-0.2, -0.15) is 13.2 Å². The summed E-state index contributed by atoms with van der Waals surface area (Å²) in [6, 6.07) is 3.27. The van der Waals surface area contributed by atoms with Gasteiger partial charge in [0, 0.05) is 10.1 Å². The van der Waals surface area contributed by atoms with Crippen LogP contribution in [0.5, 0.6) is 0 Å². The van der Waals surface area contributed by atoms with Gasteiger partial charge in [-0.15, -0.1) is 11.8 Å². The first-order valence-electron chi connectivity index (χ1n) is 4.83. The molecule has 0 spiro atoms. The fourth-order valence-corrected chi connectivity index (χ4v) is 2.17. The second-order valence-corrected chi connectivity index (χ2v) is 5.33. The minimum atomic E-state index is -4.65. The first kappa shape index (κ1) is 13.9. The smallest absolute Gasteiger partial charge is 0.417 e. The molecular weight excluding hydrogens is 253 g/mol. The van der Waals surface area contributed by atoms with Gasteiger partial charge >= 0.3 is 12.1 Å². The molecule has 0 fully saturated rings. The van der Waals surface area contributed by atoms with Gasteiger partial charge in [0.25, 0.3) is 0 Å². The van der Waals surface area contributed by atoms with Gasteiger partial charge in [-0.1, -0.05) is 13.8 Å². The van der Waals surface area contributed by atoms with Gasteiger partial charge in [0.2, 0.25) is 0 Å². The number of carboxylic acid groups (broad SMARTS) is 1. The Morgan fingerprint density at radius 2 is 1.94 bits per heavy atom. The van der Waals surface area contributed by atoms with E-state index in [0.29, 0.717) is 4.90 Å². The van der Waals surface area contributed by atoms with Crippen molar-refractivity contribution < 1.29 is 23.1 Å². The van der Waals surface area contributed by atoms with E-state index < -0.39 is 23.3 Å². The van der Waals surface area contributed by atoms with Crippen LogP contribution in [0.3, 0.4) is 0 Å². The van der Waals surface area contributed by atoms with E-state index in [9.17, 15) is 18.0 Å². The number of carboxylic acids is 1. The predicted octanol–water partition coefficient (Wildman–Crippen LogP) is 3.90. The second kappa shape index (κ2) is 5.00. The van der Waals surface area contributed by atoms with E-state index >= 15 is 0 Å². The van der Waals surface area contributed by atoms with Crippen molar-refractivity contribution in [1.82, 2.24) is 0 Å². The van der Waals surface area contributed by atoms with Crippen LogP contribution >= 0.6 is 11.8 Å². The number of hydrogen-bond acceptors (Lipinski definition) is 2. The second-order valence-electron chi connectivity index (χ2n) is 3.68. The average Bonchev–Trinajstić information content (AvgIpc) is 2.14. The Morgan fingerprint density at radius 1 is 1.35 bits per heavy atom. The predicted molar refractivity (Wildman–Crippen MR) is 59.4 cm³/mol. The van der Waals surface area contributed by atoms with Crippen LogP contribution < -0.4 is 0 Å². The number of benzene rings is 1. The summed E-state index contributed by atoms with van der Waals surface area (Å²) in [7, 11) is 0. The molecule has 0 unspecified atom stereocenters. The van der Waals surface area contributed by atoms with Crippen LogP contribution in [0.2, 0.25) is 0 Å². The van der Waals surface area contributed by atoms with E-state index in [4.69, 9.17) is 5.11 Å². The zero-order chi connectivity index (χ0) is 13.2. The highest BCUT2D eigenvalue weighted by atomic mass is 32.2. The summed E-state index contributed by atoms with van der Waals surface area (Å²) in [5, 5.41) is 8.83. The van der Waals surface area contributed by atoms with Gasteiger partial charge in [0.05, 0.1) is 11.1 Å². The molecule has 1 aromatic rings. The fourth-order valence-electron chi connectivity index (χ4n) is 1.29. The van der Waals surface area contributed by atoms with Gasteiger partial charge in [-0.05, 0) is 18.2 Å². The molecule has 2 nitrogen and oxygen atoms in total. The lowest BCUT2D eigenvalue weighted by atomic mass is 10.1. The minimum absolute atomic E-state index is 0.131. The van der Waals surface area contributed by atoms with Gasteiger partial charge < -0.3 is 5.11 Å². The maximum atomic E-state index is 12.7. The van der Waals surface area contributed by atoms with Crippen LogP contribution in [0.1, 0.15) is 29.8 Å². The molecular formula is C11H11F3O2S. The summed E-state index contributed by atoms with van der Waals surface area (Å²) in [6.45, 7) is 3.70. The first-order chi connectivity index (χ1) is 7.71. The molecule has 0 heterocycles. The summed E-state index contributed by atoms with van der Waals surface area (Å²) < 4.78 is 38.0.